The lowest BCUT2D eigenvalue weighted by atomic mass is 9.91. The molecular weight excluding hydrogens is 338 g/mol. The molecule has 6 nitrogen and oxygen atoms in total. The van der Waals surface area contributed by atoms with E-state index in [4.69, 9.17) is 0 Å². The summed E-state index contributed by atoms with van der Waals surface area (Å²) in [5.41, 5.74) is -0.0784. The predicted molar refractivity (Wildman–Crippen MR) is 94.7 cm³/mol. The van der Waals surface area contributed by atoms with Gasteiger partial charge in [-0.1, -0.05) is 20.8 Å². The van der Waals surface area contributed by atoms with Gasteiger partial charge >= 0.3 is 0 Å². The molecule has 2 fully saturated rings. The largest absolute Gasteiger partial charge is 0.391 e. The fraction of sp³-hybridized carbons (Fsp3) is 0.867. The molecule has 134 valence electrons. The molecule has 23 heavy (non-hydrogen) atoms. The third kappa shape index (κ3) is 5.81. The second-order valence-corrected chi connectivity index (χ2v) is 8.35. The van der Waals surface area contributed by atoms with Crippen molar-refractivity contribution >= 4 is 36.0 Å². The summed E-state index contributed by atoms with van der Waals surface area (Å²) < 4.78 is 0. The number of carbonyl (C=O) groups excluding carboxylic acids is 2. The molecule has 3 unspecified atom stereocenters. The Labute approximate surface area is 148 Å². The van der Waals surface area contributed by atoms with E-state index in [1.165, 1.54) is 0 Å². The van der Waals surface area contributed by atoms with Crippen LogP contribution in [0.5, 0.6) is 0 Å². The molecule has 2 aliphatic heterocycles. The highest BCUT2D eigenvalue weighted by atomic mass is 35.5. The molecule has 2 amide bonds. The Kier molecular flexibility index (Phi) is 7.64. The number of halogens is 1. The quantitative estimate of drug-likeness (QED) is 0.673. The third-order valence-electron chi connectivity index (χ3n) is 4.03. The van der Waals surface area contributed by atoms with Crippen LogP contribution < -0.4 is 10.6 Å². The summed E-state index contributed by atoms with van der Waals surface area (Å²) in [6.45, 7) is 7.83. The Hall–Kier alpha value is -0.500. The van der Waals surface area contributed by atoms with Crippen molar-refractivity contribution in [2.24, 2.45) is 11.3 Å². The van der Waals surface area contributed by atoms with E-state index in [1.54, 1.807) is 16.7 Å². The number of hydrogen-bond donors (Lipinski definition) is 3. The van der Waals surface area contributed by atoms with Crippen LogP contribution in [-0.2, 0) is 9.59 Å². The minimum Gasteiger partial charge on any atom is -0.391 e. The number of hydrogen-bond acceptors (Lipinski definition) is 5. The van der Waals surface area contributed by atoms with E-state index < -0.39 is 6.10 Å². The molecule has 0 aliphatic carbocycles. The molecule has 0 spiro atoms. The standard InChI is InChI=1S/C15H27N3O3S.ClH/c1-15(2,3)4-13(20)18-9-22-8-11(18)14(21)17-6-10-5-16-7-12(10)19;/h10-12,16,19H,4-9H2,1-3H3,(H,17,21);1H. The normalized spacial score (nSPS) is 27.7. The summed E-state index contributed by atoms with van der Waals surface area (Å²) >= 11 is 1.61. The van der Waals surface area contributed by atoms with Crippen molar-refractivity contribution in [1.82, 2.24) is 15.5 Å². The van der Waals surface area contributed by atoms with Crippen molar-refractivity contribution in [3.63, 3.8) is 0 Å². The molecule has 2 saturated heterocycles. The number of thioether (sulfide) groups is 1. The van der Waals surface area contributed by atoms with E-state index in [2.05, 4.69) is 10.6 Å². The van der Waals surface area contributed by atoms with Crippen molar-refractivity contribution in [1.29, 1.82) is 0 Å². The Morgan fingerprint density at radius 2 is 2.04 bits per heavy atom. The molecular formula is C15H28ClN3O3S. The van der Waals surface area contributed by atoms with Crippen LogP contribution in [0.25, 0.3) is 0 Å². The average molecular weight is 366 g/mol. The minimum absolute atomic E-state index is 0. The molecule has 3 N–H and O–H groups in total. The Bertz CT molecular complexity index is 431. The molecule has 0 aromatic carbocycles. The van der Waals surface area contributed by atoms with E-state index in [1.807, 2.05) is 20.8 Å². The lowest BCUT2D eigenvalue weighted by molar-refractivity contribution is -0.139. The Morgan fingerprint density at radius 1 is 1.35 bits per heavy atom. The molecule has 3 atom stereocenters. The number of aliphatic hydroxyl groups is 1. The molecule has 0 radical (unpaired) electrons. The highest BCUT2D eigenvalue weighted by Gasteiger charge is 2.36. The number of rotatable bonds is 4. The zero-order chi connectivity index (χ0) is 16.3. The minimum atomic E-state index is -0.406. The molecule has 0 aromatic heterocycles. The maximum absolute atomic E-state index is 12.4. The number of nitrogens with zero attached hydrogens (tertiary/aromatic N) is 1. The highest BCUT2D eigenvalue weighted by molar-refractivity contribution is 7.99. The number of carbonyl (C=O) groups is 2. The van der Waals surface area contributed by atoms with E-state index in [0.717, 1.165) is 0 Å². The summed E-state index contributed by atoms with van der Waals surface area (Å²) in [7, 11) is 0. The summed E-state index contributed by atoms with van der Waals surface area (Å²) in [4.78, 5) is 26.4. The monoisotopic (exact) mass is 365 g/mol. The summed E-state index contributed by atoms with van der Waals surface area (Å²) in [6.07, 6.45) is 0.0414. The topological polar surface area (TPSA) is 81.7 Å². The zero-order valence-corrected chi connectivity index (χ0v) is 15.6. The van der Waals surface area contributed by atoms with Crippen LogP contribution in [0.2, 0.25) is 0 Å². The van der Waals surface area contributed by atoms with Crippen molar-refractivity contribution in [3.05, 3.63) is 0 Å². The lowest BCUT2D eigenvalue weighted by Gasteiger charge is -2.27. The average Bonchev–Trinajstić information content (AvgIpc) is 3.02. The lowest BCUT2D eigenvalue weighted by Crippen LogP contribution is -2.49. The number of nitrogens with one attached hydrogen (secondary N) is 2. The fourth-order valence-corrected chi connectivity index (χ4v) is 3.92. The SMILES string of the molecule is CC(C)(C)CC(=O)N1CSCC1C(=O)NCC1CNCC1O.Cl. The highest BCUT2D eigenvalue weighted by Crippen LogP contribution is 2.26. The molecule has 2 rings (SSSR count). The summed E-state index contributed by atoms with van der Waals surface area (Å²) in [6, 6.07) is -0.383. The summed E-state index contributed by atoms with van der Waals surface area (Å²) in [5.74, 6) is 1.22. The van der Waals surface area contributed by atoms with Gasteiger partial charge in [-0.25, -0.2) is 0 Å². The van der Waals surface area contributed by atoms with Crippen LogP contribution in [0.15, 0.2) is 0 Å². The van der Waals surface area contributed by atoms with E-state index in [-0.39, 0.29) is 41.6 Å². The molecule has 0 saturated carbocycles. The van der Waals surface area contributed by atoms with E-state index in [9.17, 15) is 14.7 Å². The van der Waals surface area contributed by atoms with Gasteiger partial charge in [0.15, 0.2) is 0 Å². The smallest absolute Gasteiger partial charge is 0.243 e. The van der Waals surface area contributed by atoms with Crippen LogP contribution in [0.1, 0.15) is 27.2 Å². The van der Waals surface area contributed by atoms with Crippen LogP contribution in [-0.4, -0.2) is 65.2 Å². The van der Waals surface area contributed by atoms with Gasteiger partial charge in [0.05, 0.1) is 12.0 Å². The van der Waals surface area contributed by atoms with Gasteiger partial charge in [-0.2, -0.15) is 0 Å². The molecule has 0 aromatic rings. The summed E-state index contributed by atoms with van der Waals surface area (Å²) in [5, 5.41) is 15.7. The van der Waals surface area contributed by atoms with Crippen LogP contribution in [0.3, 0.4) is 0 Å². The van der Waals surface area contributed by atoms with Crippen molar-refractivity contribution in [2.75, 3.05) is 31.3 Å². The van der Waals surface area contributed by atoms with Crippen LogP contribution >= 0.6 is 24.2 Å². The number of β-amino-alcohol motifs (C(OH)–C–C–N with tert-alkyl or cyclic N) is 1. The van der Waals surface area contributed by atoms with Gasteiger partial charge in [-0.05, 0) is 5.41 Å². The van der Waals surface area contributed by atoms with Gasteiger partial charge in [0.2, 0.25) is 11.8 Å². The molecule has 2 heterocycles. The van der Waals surface area contributed by atoms with E-state index >= 15 is 0 Å². The first-order valence-electron chi connectivity index (χ1n) is 7.81. The van der Waals surface area contributed by atoms with Gasteiger partial charge in [0, 0.05) is 37.7 Å². The maximum Gasteiger partial charge on any atom is 0.243 e. The fourth-order valence-electron chi connectivity index (χ4n) is 2.74. The van der Waals surface area contributed by atoms with Gasteiger partial charge in [-0.15, -0.1) is 24.2 Å². The number of amides is 2. The second kappa shape index (κ2) is 8.55. The predicted octanol–water partition coefficient (Wildman–Crippen LogP) is 0.442. The molecule has 0 bridgehead atoms. The van der Waals surface area contributed by atoms with Gasteiger partial charge in [0.1, 0.15) is 6.04 Å². The third-order valence-corrected chi connectivity index (χ3v) is 5.04. The zero-order valence-electron chi connectivity index (χ0n) is 14.0. The van der Waals surface area contributed by atoms with E-state index in [0.29, 0.717) is 37.7 Å². The molecule has 8 heteroatoms. The van der Waals surface area contributed by atoms with Crippen molar-refractivity contribution in [3.8, 4) is 0 Å². The Morgan fingerprint density at radius 3 is 2.61 bits per heavy atom. The molecule has 2 aliphatic rings. The van der Waals surface area contributed by atoms with Crippen LogP contribution in [0, 0.1) is 11.3 Å². The Balaban J connectivity index is 0.00000264. The maximum atomic E-state index is 12.4. The van der Waals surface area contributed by atoms with Gasteiger partial charge in [-0.3, -0.25) is 9.59 Å². The first-order chi connectivity index (χ1) is 10.3. The van der Waals surface area contributed by atoms with Gasteiger partial charge < -0.3 is 20.6 Å². The first-order valence-corrected chi connectivity index (χ1v) is 8.97. The van der Waals surface area contributed by atoms with Crippen molar-refractivity contribution < 1.29 is 14.7 Å². The van der Waals surface area contributed by atoms with Gasteiger partial charge in [0.25, 0.3) is 0 Å². The second-order valence-electron chi connectivity index (χ2n) is 7.35. The van der Waals surface area contributed by atoms with Crippen LogP contribution in [0.4, 0.5) is 0 Å². The van der Waals surface area contributed by atoms with Crippen molar-refractivity contribution in [2.45, 2.75) is 39.3 Å². The number of aliphatic hydroxyl groups excluding tert-OH is 1. The first kappa shape index (κ1) is 20.5.